The predicted octanol–water partition coefficient (Wildman–Crippen LogP) is -0.0701. The molecule has 0 bridgehead atoms. The molecule has 0 aliphatic rings. The topological polar surface area (TPSA) is 44.6 Å². The molecule has 0 aromatic heterocycles. The quantitative estimate of drug-likeness (QED) is 0.672. The summed E-state index contributed by atoms with van der Waals surface area (Å²) in [5, 5.41) is 10.2. The number of benzene rings is 1. The number of aliphatic carboxylic acids is 1. The van der Waals surface area contributed by atoms with Gasteiger partial charge in [0, 0.05) is 11.5 Å². The van der Waals surface area contributed by atoms with Gasteiger partial charge in [0.1, 0.15) is 6.54 Å². The molecule has 3 heteroatoms. The lowest BCUT2D eigenvalue weighted by atomic mass is 10.1. The number of rotatable bonds is 7. The molecule has 0 amide bonds. The summed E-state index contributed by atoms with van der Waals surface area (Å²) in [4.78, 5) is 11.7. The Morgan fingerprint density at radius 1 is 1.24 bits per heavy atom. The Kier molecular flexibility index (Phi) is 5.70. The second-order valence-corrected chi connectivity index (χ2v) is 4.70. The van der Waals surface area contributed by atoms with Gasteiger partial charge in [-0.15, -0.1) is 0 Å². The number of carboxylic acids is 1. The largest absolute Gasteiger partial charge is 0.550 e. The molecule has 0 aliphatic heterocycles. The van der Waals surface area contributed by atoms with Crippen LogP contribution in [0, 0.1) is 6.92 Å². The Labute approximate surface area is 103 Å². The first-order valence-electron chi connectivity index (χ1n) is 6.14. The van der Waals surface area contributed by atoms with E-state index in [1.807, 2.05) is 0 Å². The highest BCUT2D eigenvalue weighted by Crippen LogP contribution is 2.01. The fourth-order valence-electron chi connectivity index (χ4n) is 1.84. The van der Waals surface area contributed by atoms with Crippen LogP contribution in [0.3, 0.4) is 0 Å². The van der Waals surface area contributed by atoms with Crippen LogP contribution >= 0.6 is 0 Å². The molecule has 0 aliphatic carbocycles. The van der Waals surface area contributed by atoms with Crippen LogP contribution in [-0.2, 0) is 11.3 Å². The van der Waals surface area contributed by atoms with Gasteiger partial charge < -0.3 is 14.8 Å². The van der Waals surface area contributed by atoms with Gasteiger partial charge in [0.05, 0.1) is 13.6 Å². The zero-order valence-electron chi connectivity index (χ0n) is 10.7. The van der Waals surface area contributed by atoms with Gasteiger partial charge in [-0.05, 0) is 26.2 Å². The summed E-state index contributed by atoms with van der Waals surface area (Å²) in [6.07, 6.45) is 1.83. The summed E-state index contributed by atoms with van der Waals surface area (Å²) in [5.74, 6) is -0.943. The number of hydrogen-bond donors (Lipinski definition) is 1. The van der Waals surface area contributed by atoms with Gasteiger partial charge in [-0.2, -0.15) is 0 Å². The van der Waals surface area contributed by atoms with Gasteiger partial charge in [-0.1, -0.05) is 29.8 Å². The number of carbonyl (C=O) groups excluding carboxylic acids is 1. The Bertz CT molecular complexity index is 346. The van der Waals surface area contributed by atoms with E-state index >= 15 is 0 Å². The lowest BCUT2D eigenvalue weighted by molar-refractivity contribution is -0.894. The Balaban J connectivity index is 2.22. The molecule has 3 nitrogen and oxygen atoms in total. The number of unbranched alkanes of at least 4 members (excludes halogenated alkanes) is 1. The summed E-state index contributed by atoms with van der Waals surface area (Å²) < 4.78 is 0. The van der Waals surface area contributed by atoms with Crippen molar-refractivity contribution >= 4 is 5.97 Å². The van der Waals surface area contributed by atoms with Crippen molar-refractivity contribution in [1.29, 1.82) is 0 Å². The van der Waals surface area contributed by atoms with E-state index in [0.717, 1.165) is 19.5 Å². The second-order valence-electron chi connectivity index (χ2n) is 4.70. The number of nitrogens with one attached hydrogen (secondary N) is 1. The summed E-state index contributed by atoms with van der Waals surface area (Å²) in [6.45, 7) is 4.08. The molecule has 0 spiro atoms. The lowest BCUT2D eigenvalue weighted by Crippen LogP contribution is -3.07. The predicted molar refractivity (Wildman–Crippen MR) is 65.5 cm³/mol. The van der Waals surface area contributed by atoms with E-state index in [1.165, 1.54) is 16.0 Å². The van der Waals surface area contributed by atoms with Gasteiger partial charge in [0.25, 0.3) is 0 Å². The standard InChI is InChI=1S/C14H21NO2/c1-12-6-8-13(9-7-12)11-15(2)10-4-3-5-14(16)17/h6-9H,3-5,10-11H2,1-2H3,(H,16,17). The van der Waals surface area contributed by atoms with Gasteiger partial charge in [0.2, 0.25) is 0 Å². The molecule has 1 rings (SSSR count). The van der Waals surface area contributed by atoms with Crippen molar-refractivity contribution < 1.29 is 14.8 Å². The number of aryl methyl sites for hydroxylation is 1. The average Bonchev–Trinajstić information content (AvgIpc) is 2.27. The van der Waals surface area contributed by atoms with Crippen molar-refractivity contribution in [2.75, 3.05) is 13.6 Å². The first kappa shape index (κ1) is 13.7. The third-order valence-corrected chi connectivity index (χ3v) is 2.86. The van der Waals surface area contributed by atoms with Crippen LogP contribution < -0.4 is 10.0 Å². The molecule has 0 heterocycles. The maximum atomic E-state index is 10.2. The molecule has 1 aromatic rings. The summed E-state index contributed by atoms with van der Waals surface area (Å²) in [5.41, 5.74) is 2.60. The molecule has 1 unspecified atom stereocenters. The first-order chi connectivity index (χ1) is 8.08. The van der Waals surface area contributed by atoms with E-state index in [4.69, 9.17) is 0 Å². The zero-order valence-corrected chi connectivity index (χ0v) is 10.7. The van der Waals surface area contributed by atoms with Crippen molar-refractivity contribution in [2.24, 2.45) is 0 Å². The maximum absolute atomic E-state index is 10.2. The van der Waals surface area contributed by atoms with Gasteiger partial charge >= 0.3 is 0 Å². The highest BCUT2D eigenvalue weighted by Gasteiger charge is 2.03. The second kappa shape index (κ2) is 7.07. The van der Waals surface area contributed by atoms with E-state index in [9.17, 15) is 9.90 Å². The van der Waals surface area contributed by atoms with Crippen LogP contribution in [0.2, 0.25) is 0 Å². The minimum Gasteiger partial charge on any atom is -0.550 e. The molecule has 1 atom stereocenters. The molecule has 17 heavy (non-hydrogen) atoms. The Morgan fingerprint density at radius 3 is 2.47 bits per heavy atom. The van der Waals surface area contributed by atoms with E-state index in [-0.39, 0.29) is 6.42 Å². The van der Waals surface area contributed by atoms with Crippen LogP contribution in [0.1, 0.15) is 30.4 Å². The highest BCUT2D eigenvalue weighted by molar-refractivity contribution is 5.64. The van der Waals surface area contributed by atoms with E-state index in [2.05, 4.69) is 38.2 Å². The van der Waals surface area contributed by atoms with Crippen molar-refractivity contribution in [3.05, 3.63) is 35.4 Å². The lowest BCUT2D eigenvalue weighted by Gasteiger charge is -2.14. The monoisotopic (exact) mass is 235 g/mol. The third kappa shape index (κ3) is 6.07. The number of carbonyl (C=O) groups is 1. The normalized spacial score (nSPS) is 12.4. The van der Waals surface area contributed by atoms with Crippen LogP contribution in [0.5, 0.6) is 0 Å². The molecule has 0 saturated heterocycles. The van der Waals surface area contributed by atoms with Gasteiger partial charge in [0.15, 0.2) is 0 Å². The molecule has 0 fully saturated rings. The molecule has 94 valence electrons. The smallest absolute Gasteiger partial charge is 0.103 e. The number of hydrogen-bond acceptors (Lipinski definition) is 2. The van der Waals surface area contributed by atoms with Crippen LogP contribution in [0.4, 0.5) is 0 Å². The highest BCUT2D eigenvalue weighted by atomic mass is 16.4. The van der Waals surface area contributed by atoms with Crippen LogP contribution in [0.25, 0.3) is 0 Å². The Hall–Kier alpha value is -1.35. The number of carboxylic acid groups (broad SMARTS) is 1. The number of quaternary nitrogens is 1. The van der Waals surface area contributed by atoms with Gasteiger partial charge in [-0.3, -0.25) is 0 Å². The zero-order chi connectivity index (χ0) is 12.7. The molecule has 0 saturated carbocycles. The van der Waals surface area contributed by atoms with Crippen molar-refractivity contribution in [2.45, 2.75) is 32.7 Å². The fraction of sp³-hybridized carbons (Fsp3) is 0.500. The molecule has 1 N–H and O–H groups in total. The first-order valence-corrected chi connectivity index (χ1v) is 6.14. The van der Waals surface area contributed by atoms with Crippen molar-refractivity contribution in [1.82, 2.24) is 0 Å². The fourth-order valence-corrected chi connectivity index (χ4v) is 1.84. The molecule has 1 aromatic carbocycles. The molecular formula is C14H21NO2. The van der Waals surface area contributed by atoms with E-state index in [1.54, 1.807) is 0 Å². The van der Waals surface area contributed by atoms with Crippen LogP contribution in [-0.4, -0.2) is 19.6 Å². The summed E-state index contributed by atoms with van der Waals surface area (Å²) in [6, 6.07) is 8.55. The third-order valence-electron chi connectivity index (χ3n) is 2.86. The Morgan fingerprint density at radius 2 is 1.88 bits per heavy atom. The van der Waals surface area contributed by atoms with E-state index in [0.29, 0.717) is 6.42 Å². The minimum absolute atomic E-state index is 0.178. The summed E-state index contributed by atoms with van der Waals surface area (Å²) in [7, 11) is 2.14. The average molecular weight is 235 g/mol. The van der Waals surface area contributed by atoms with Crippen molar-refractivity contribution in [3.8, 4) is 0 Å². The maximum Gasteiger partial charge on any atom is 0.103 e. The summed E-state index contributed by atoms with van der Waals surface area (Å²) >= 11 is 0. The molecule has 0 radical (unpaired) electrons. The minimum atomic E-state index is -0.943. The van der Waals surface area contributed by atoms with Crippen molar-refractivity contribution in [3.63, 3.8) is 0 Å². The van der Waals surface area contributed by atoms with Gasteiger partial charge in [-0.25, -0.2) is 0 Å². The SMILES string of the molecule is Cc1ccc(C[NH+](C)CCCCC(=O)[O-])cc1. The van der Waals surface area contributed by atoms with Crippen LogP contribution in [0.15, 0.2) is 24.3 Å². The molecular weight excluding hydrogens is 214 g/mol. The van der Waals surface area contributed by atoms with E-state index < -0.39 is 5.97 Å².